The minimum Gasteiger partial charge on any atom is -0.293 e. The van der Waals surface area contributed by atoms with E-state index in [9.17, 15) is 0 Å². The molecule has 0 bridgehead atoms. The molecule has 4 aromatic carbocycles. The molecule has 3 aromatic heterocycles. The lowest BCUT2D eigenvalue weighted by atomic mass is 9.72. The summed E-state index contributed by atoms with van der Waals surface area (Å²) in [5, 5.41) is 5.34. The fraction of sp³-hybridized carbons (Fsp3) is 0.146. The second-order valence-electron chi connectivity index (χ2n) is 13.7. The van der Waals surface area contributed by atoms with Gasteiger partial charge in [0.25, 0.3) is 0 Å². The highest BCUT2D eigenvalue weighted by Crippen LogP contribution is 2.48. The van der Waals surface area contributed by atoms with Crippen molar-refractivity contribution >= 4 is 49.8 Å². The summed E-state index contributed by atoms with van der Waals surface area (Å²) in [6, 6.07) is 32.9. The number of pyridine rings is 1. The lowest BCUT2D eigenvalue weighted by Gasteiger charge is -2.39. The SMILES string of the molecule is CC1(C)C2=CC=C[N+]3=Cc4cccc5c6cccc1[c-]6[n+](c45)[C-]23.CC1(C)c2cccnc2-n2c3ccccc3c3cccc1c32. The second-order valence-corrected chi connectivity index (χ2v) is 13.7. The Morgan fingerprint density at radius 2 is 1.51 bits per heavy atom. The third-order valence-electron chi connectivity index (χ3n) is 10.7. The first-order valence-corrected chi connectivity index (χ1v) is 15.8. The predicted molar refractivity (Wildman–Crippen MR) is 182 cm³/mol. The van der Waals surface area contributed by atoms with Crippen molar-refractivity contribution in [1.82, 2.24) is 9.55 Å². The standard InChI is InChI=1S/C21H16N2.C20H16N2/c1-21(2)16-9-4-8-15-14-7-3-6-13-12-22-11-5-10-17(21)20(22)23(18(13)14)19(15)16;1-20(2)15-9-5-8-14-13-7-3-4-11-17(13)22(18(14)15)19-16(20)10-6-12-21-19/h3-12H,1-2H3;3-12H,1-2H3. The highest BCUT2D eigenvalue weighted by molar-refractivity contribution is 6.12. The third kappa shape index (κ3) is 2.95. The van der Waals surface area contributed by atoms with Crippen LogP contribution in [0.15, 0.2) is 121 Å². The third-order valence-corrected chi connectivity index (χ3v) is 10.7. The van der Waals surface area contributed by atoms with E-state index in [0.29, 0.717) is 0 Å². The quantitative estimate of drug-likeness (QED) is 0.131. The number of aromatic nitrogens is 3. The van der Waals surface area contributed by atoms with Gasteiger partial charge in [0.05, 0.1) is 22.1 Å². The monoisotopic (exact) mass is 580 g/mol. The van der Waals surface area contributed by atoms with Crippen molar-refractivity contribution in [1.29, 1.82) is 0 Å². The first-order chi connectivity index (χ1) is 21.9. The number of rotatable bonds is 0. The van der Waals surface area contributed by atoms with Gasteiger partial charge in [-0.2, -0.15) is 22.8 Å². The number of allylic oxidation sites excluding steroid dienone is 2. The van der Waals surface area contributed by atoms with Crippen LogP contribution in [0.4, 0.5) is 0 Å². The van der Waals surface area contributed by atoms with Gasteiger partial charge in [-0.1, -0.05) is 93.9 Å². The Bertz CT molecular complexity index is 2550. The predicted octanol–water partition coefficient (Wildman–Crippen LogP) is 8.34. The Morgan fingerprint density at radius 1 is 0.733 bits per heavy atom. The summed E-state index contributed by atoms with van der Waals surface area (Å²) >= 11 is 0. The number of nitrogens with zero attached hydrogens (tertiary/aromatic N) is 4. The molecule has 11 rings (SSSR count). The molecule has 0 N–H and O–H groups in total. The second kappa shape index (κ2) is 8.22. The zero-order valence-corrected chi connectivity index (χ0v) is 25.8. The Labute approximate surface area is 261 Å². The molecule has 0 fully saturated rings. The van der Waals surface area contributed by atoms with Crippen LogP contribution in [0, 0.1) is 6.17 Å². The van der Waals surface area contributed by atoms with Crippen molar-refractivity contribution in [2.75, 3.05) is 0 Å². The molecule has 0 saturated heterocycles. The van der Waals surface area contributed by atoms with E-state index in [1.54, 1.807) is 0 Å². The lowest BCUT2D eigenvalue weighted by molar-refractivity contribution is -0.739. The zero-order chi connectivity index (χ0) is 30.2. The van der Waals surface area contributed by atoms with Gasteiger partial charge in [0, 0.05) is 45.2 Å². The van der Waals surface area contributed by atoms with Crippen LogP contribution >= 0.6 is 0 Å². The normalized spacial score (nSPS) is 17.4. The Hall–Kier alpha value is -5.35. The van der Waals surface area contributed by atoms with Gasteiger partial charge in [0.15, 0.2) is 12.4 Å². The molecule has 4 aliphatic heterocycles. The fourth-order valence-electron chi connectivity index (χ4n) is 8.55. The topological polar surface area (TPSA) is 24.7 Å². The van der Waals surface area contributed by atoms with Crippen molar-refractivity contribution in [3.8, 4) is 5.82 Å². The molecule has 216 valence electrons. The molecule has 45 heavy (non-hydrogen) atoms. The zero-order valence-electron chi connectivity index (χ0n) is 25.8. The van der Waals surface area contributed by atoms with Crippen LogP contribution < -0.4 is 4.57 Å². The molecule has 0 amide bonds. The summed E-state index contributed by atoms with van der Waals surface area (Å²) in [6.45, 7) is 9.27. The van der Waals surface area contributed by atoms with E-state index in [1.165, 1.54) is 77.6 Å². The van der Waals surface area contributed by atoms with E-state index < -0.39 is 0 Å². The number of hydrogen-bond donors (Lipinski definition) is 0. The maximum absolute atomic E-state index is 4.72. The van der Waals surface area contributed by atoms with E-state index >= 15 is 0 Å². The molecule has 0 aliphatic carbocycles. The number of fused-ring (bicyclic) bond motifs is 6. The van der Waals surface area contributed by atoms with Gasteiger partial charge in [-0.15, -0.1) is 16.8 Å². The molecule has 4 heteroatoms. The molecule has 0 spiro atoms. The molecule has 0 atom stereocenters. The first kappa shape index (κ1) is 25.0. The smallest absolute Gasteiger partial charge is 0.293 e. The van der Waals surface area contributed by atoms with Crippen molar-refractivity contribution < 1.29 is 9.14 Å². The molecule has 4 nitrogen and oxygen atoms in total. The largest absolute Gasteiger partial charge is 0.354 e. The summed E-state index contributed by atoms with van der Waals surface area (Å²) in [4.78, 5) is 4.72. The van der Waals surface area contributed by atoms with Crippen LogP contribution in [-0.2, 0) is 10.8 Å². The van der Waals surface area contributed by atoms with Gasteiger partial charge >= 0.3 is 6.17 Å². The Morgan fingerprint density at radius 3 is 2.42 bits per heavy atom. The number of benzene rings is 4. The summed E-state index contributed by atoms with van der Waals surface area (Å²) < 4.78 is 7.10. The number of hydrogen-bond acceptors (Lipinski definition) is 1. The van der Waals surface area contributed by atoms with E-state index in [0.717, 1.165) is 5.82 Å². The van der Waals surface area contributed by atoms with E-state index in [-0.39, 0.29) is 10.8 Å². The van der Waals surface area contributed by atoms with Crippen molar-refractivity contribution in [3.63, 3.8) is 0 Å². The summed E-state index contributed by atoms with van der Waals surface area (Å²) in [7, 11) is 0. The molecule has 0 unspecified atom stereocenters. The van der Waals surface area contributed by atoms with Crippen LogP contribution in [0.1, 0.15) is 49.9 Å². The maximum atomic E-state index is 4.72. The van der Waals surface area contributed by atoms with Crippen molar-refractivity contribution in [3.05, 3.63) is 150 Å². The maximum Gasteiger partial charge on any atom is 0.354 e. The Kier molecular flexibility index (Phi) is 4.57. The van der Waals surface area contributed by atoms with Crippen LogP contribution in [0.3, 0.4) is 0 Å². The Balaban J connectivity index is 0.000000118. The molecule has 7 aromatic rings. The average Bonchev–Trinajstić information content (AvgIpc) is 3.58. The van der Waals surface area contributed by atoms with Crippen LogP contribution in [0.5, 0.6) is 0 Å². The molecular formula is C41H32N4. The first-order valence-electron chi connectivity index (χ1n) is 15.8. The average molecular weight is 581 g/mol. The van der Waals surface area contributed by atoms with Gasteiger partial charge < -0.3 is 0 Å². The summed E-state index contributed by atoms with van der Waals surface area (Å²) in [6.07, 6.45) is 12.1. The van der Waals surface area contributed by atoms with E-state index in [1.807, 2.05) is 12.3 Å². The van der Waals surface area contributed by atoms with E-state index in [4.69, 9.17) is 4.98 Å². The van der Waals surface area contributed by atoms with Crippen LogP contribution in [-0.4, -0.2) is 20.3 Å². The van der Waals surface area contributed by atoms with E-state index in [2.05, 4.69) is 151 Å². The van der Waals surface area contributed by atoms with Crippen molar-refractivity contribution in [2.45, 2.75) is 38.5 Å². The minimum absolute atomic E-state index is 0.00751. The van der Waals surface area contributed by atoms with Gasteiger partial charge in [0.1, 0.15) is 5.82 Å². The highest BCUT2D eigenvalue weighted by atomic mass is 15.3. The van der Waals surface area contributed by atoms with Crippen LogP contribution in [0.25, 0.3) is 49.4 Å². The minimum atomic E-state index is -0.0342. The van der Waals surface area contributed by atoms with Crippen molar-refractivity contribution in [2.24, 2.45) is 0 Å². The summed E-state index contributed by atoms with van der Waals surface area (Å²) in [5.41, 5.74) is 12.0. The number of para-hydroxylation sites is 4. The highest BCUT2D eigenvalue weighted by Gasteiger charge is 2.48. The van der Waals surface area contributed by atoms with Gasteiger partial charge in [-0.25, -0.2) is 4.98 Å². The van der Waals surface area contributed by atoms with Gasteiger partial charge in [-0.05, 0) is 23.1 Å². The molecule has 7 heterocycles. The molecule has 0 radical (unpaired) electrons. The molecule has 0 saturated carbocycles. The van der Waals surface area contributed by atoms with Gasteiger partial charge in [0.2, 0.25) is 0 Å². The fourth-order valence-corrected chi connectivity index (χ4v) is 8.55. The van der Waals surface area contributed by atoms with Gasteiger partial charge in [-0.3, -0.25) is 9.13 Å². The lowest BCUT2D eigenvalue weighted by Crippen LogP contribution is -2.56. The summed E-state index contributed by atoms with van der Waals surface area (Å²) in [5.74, 6) is 1.07. The van der Waals surface area contributed by atoms with Crippen LogP contribution in [0.2, 0.25) is 0 Å². The molecule has 4 aliphatic rings. The molecular weight excluding hydrogens is 548 g/mol.